The molecular formula is C21H21N3O4. The van der Waals surface area contributed by atoms with Gasteiger partial charge < -0.3 is 10.6 Å². The monoisotopic (exact) mass is 379 g/mol. The van der Waals surface area contributed by atoms with Gasteiger partial charge in [-0.25, -0.2) is 5.48 Å². The molecular weight excluding hydrogens is 358 g/mol. The van der Waals surface area contributed by atoms with Crippen molar-refractivity contribution in [2.24, 2.45) is 0 Å². The van der Waals surface area contributed by atoms with Gasteiger partial charge in [-0.1, -0.05) is 37.0 Å². The van der Waals surface area contributed by atoms with Crippen LogP contribution in [0.25, 0.3) is 0 Å². The molecule has 0 saturated heterocycles. The van der Waals surface area contributed by atoms with E-state index in [0.29, 0.717) is 5.56 Å². The Labute approximate surface area is 163 Å². The summed E-state index contributed by atoms with van der Waals surface area (Å²) in [5.74, 6) is 4.43. The zero-order chi connectivity index (χ0) is 20.4. The molecule has 2 aromatic rings. The Hall–Kier alpha value is -3.63. The summed E-state index contributed by atoms with van der Waals surface area (Å²) in [6.07, 6.45) is 0.243. The quantitative estimate of drug-likeness (QED) is 0.344. The Bertz CT molecular complexity index is 883. The summed E-state index contributed by atoms with van der Waals surface area (Å²) in [5, 5.41) is 13.8. The van der Waals surface area contributed by atoms with Gasteiger partial charge in [0.15, 0.2) is 0 Å². The zero-order valence-corrected chi connectivity index (χ0v) is 15.4. The molecule has 0 fully saturated rings. The fraction of sp³-hybridized carbons (Fsp3) is 0.190. The molecule has 3 amide bonds. The number of rotatable bonds is 6. The number of hydrogen-bond acceptors (Lipinski definition) is 4. The third-order valence-corrected chi connectivity index (χ3v) is 3.83. The van der Waals surface area contributed by atoms with Crippen molar-refractivity contribution in [2.45, 2.75) is 19.4 Å². The molecule has 0 aliphatic rings. The number of hydroxylamine groups is 1. The molecule has 4 N–H and O–H groups in total. The van der Waals surface area contributed by atoms with E-state index in [1.54, 1.807) is 31.2 Å². The molecule has 28 heavy (non-hydrogen) atoms. The Kier molecular flexibility index (Phi) is 7.76. The number of carbonyl (C=O) groups is 3. The maximum Gasteiger partial charge on any atom is 0.267 e. The Morgan fingerprint density at radius 3 is 2.14 bits per heavy atom. The lowest BCUT2D eigenvalue weighted by Gasteiger charge is -2.17. The smallest absolute Gasteiger partial charge is 0.267 e. The zero-order valence-electron chi connectivity index (χ0n) is 15.4. The first-order valence-corrected chi connectivity index (χ1v) is 8.72. The van der Waals surface area contributed by atoms with Gasteiger partial charge in [0.05, 0.1) is 0 Å². The number of benzene rings is 2. The van der Waals surface area contributed by atoms with Crippen LogP contribution in [0, 0.1) is 11.8 Å². The molecule has 1 atom stereocenters. The van der Waals surface area contributed by atoms with Gasteiger partial charge in [0.25, 0.3) is 11.8 Å². The number of carbonyl (C=O) groups excluding carboxylic acids is 3. The lowest BCUT2D eigenvalue weighted by molar-refractivity contribution is -0.131. The average molecular weight is 379 g/mol. The van der Waals surface area contributed by atoms with Crippen molar-refractivity contribution < 1.29 is 19.6 Å². The van der Waals surface area contributed by atoms with Gasteiger partial charge in [0.1, 0.15) is 6.04 Å². The molecule has 2 rings (SSSR count). The van der Waals surface area contributed by atoms with Crippen molar-refractivity contribution in [3.05, 3.63) is 71.3 Å². The van der Waals surface area contributed by atoms with Crippen molar-refractivity contribution in [2.75, 3.05) is 6.54 Å². The fourth-order valence-corrected chi connectivity index (χ4v) is 2.24. The number of hydrogen-bond donors (Lipinski definition) is 4. The van der Waals surface area contributed by atoms with Gasteiger partial charge in [-0.15, -0.1) is 0 Å². The summed E-state index contributed by atoms with van der Waals surface area (Å²) >= 11 is 0. The molecule has 144 valence electrons. The van der Waals surface area contributed by atoms with Crippen molar-refractivity contribution in [3.63, 3.8) is 0 Å². The maximum atomic E-state index is 12.4. The van der Waals surface area contributed by atoms with Crippen molar-refractivity contribution >= 4 is 17.7 Å². The standard InChI is InChI=1S/C21H21N3O4/c1-2-19(25)22-14-18(21(27)24-28)23-20(26)17-12-10-16(11-13-17)9-8-15-6-4-3-5-7-15/h3-7,10-13,18,28H,2,14H2,1H3,(H,22,25)(H,23,26)(H,24,27)/t18-/m0/s1. The Morgan fingerprint density at radius 2 is 1.57 bits per heavy atom. The van der Waals surface area contributed by atoms with E-state index in [1.807, 2.05) is 30.3 Å². The summed E-state index contributed by atoms with van der Waals surface area (Å²) in [4.78, 5) is 35.4. The summed E-state index contributed by atoms with van der Waals surface area (Å²) in [5.41, 5.74) is 3.43. The molecule has 0 heterocycles. The third kappa shape index (κ3) is 6.27. The minimum absolute atomic E-state index is 0.133. The Balaban J connectivity index is 2.03. The van der Waals surface area contributed by atoms with Gasteiger partial charge in [-0.05, 0) is 36.4 Å². The van der Waals surface area contributed by atoms with Crippen LogP contribution in [0.5, 0.6) is 0 Å². The van der Waals surface area contributed by atoms with E-state index < -0.39 is 17.9 Å². The molecule has 7 nitrogen and oxygen atoms in total. The molecule has 0 aliphatic heterocycles. The molecule has 2 aromatic carbocycles. The number of amides is 3. The lowest BCUT2D eigenvalue weighted by atomic mass is 10.1. The van der Waals surface area contributed by atoms with Crippen LogP contribution in [0.2, 0.25) is 0 Å². The third-order valence-electron chi connectivity index (χ3n) is 3.83. The highest BCUT2D eigenvalue weighted by atomic mass is 16.5. The first-order valence-electron chi connectivity index (χ1n) is 8.72. The van der Waals surface area contributed by atoms with Gasteiger partial charge in [-0.2, -0.15) is 0 Å². The van der Waals surface area contributed by atoms with Gasteiger partial charge in [-0.3, -0.25) is 19.6 Å². The molecule has 0 radical (unpaired) electrons. The summed E-state index contributed by atoms with van der Waals surface area (Å²) < 4.78 is 0. The maximum absolute atomic E-state index is 12.4. The van der Waals surface area contributed by atoms with E-state index in [0.717, 1.165) is 11.1 Å². The highest BCUT2D eigenvalue weighted by Gasteiger charge is 2.21. The van der Waals surface area contributed by atoms with Crippen LogP contribution >= 0.6 is 0 Å². The highest BCUT2D eigenvalue weighted by Crippen LogP contribution is 2.05. The van der Waals surface area contributed by atoms with Crippen molar-refractivity contribution in [1.29, 1.82) is 0 Å². The van der Waals surface area contributed by atoms with E-state index in [1.165, 1.54) is 5.48 Å². The van der Waals surface area contributed by atoms with Crippen LogP contribution in [0.3, 0.4) is 0 Å². The topological polar surface area (TPSA) is 108 Å². The first-order chi connectivity index (χ1) is 13.5. The first kappa shape index (κ1) is 20.7. The van der Waals surface area contributed by atoms with Crippen LogP contribution in [-0.4, -0.2) is 35.5 Å². The SMILES string of the molecule is CCC(=O)NC[C@H](NC(=O)c1ccc(C#Cc2ccccc2)cc1)C(=O)NO. The summed E-state index contributed by atoms with van der Waals surface area (Å²) in [7, 11) is 0. The van der Waals surface area contributed by atoms with Crippen LogP contribution in [-0.2, 0) is 9.59 Å². The van der Waals surface area contributed by atoms with Crippen molar-refractivity contribution in [3.8, 4) is 11.8 Å². The van der Waals surface area contributed by atoms with E-state index in [2.05, 4.69) is 22.5 Å². The fourth-order valence-electron chi connectivity index (χ4n) is 2.24. The molecule has 0 saturated carbocycles. The average Bonchev–Trinajstić information content (AvgIpc) is 2.75. The summed E-state index contributed by atoms with van der Waals surface area (Å²) in [6.45, 7) is 1.53. The second kappa shape index (κ2) is 10.5. The van der Waals surface area contributed by atoms with Gasteiger partial charge >= 0.3 is 0 Å². The second-order valence-corrected chi connectivity index (χ2v) is 5.85. The van der Waals surface area contributed by atoms with Gasteiger partial charge in [0, 0.05) is 29.7 Å². The number of nitrogens with one attached hydrogen (secondary N) is 3. The van der Waals surface area contributed by atoms with Crippen LogP contribution < -0.4 is 16.1 Å². The van der Waals surface area contributed by atoms with E-state index in [9.17, 15) is 14.4 Å². The molecule has 0 aromatic heterocycles. The van der Waals surface area contributed by atoms with E-state index in [-0.39, 0.29) is 18.9 Å². The predicted octanol–water partition coefficient (Wildman–Crippen LogP) is 1.22. The molecule has 0 spiro atoms. The highest BCUT2D eigenvalue weighted by molar-refractivity contribution is 5.97. The second-order valence-electron chi connectivity index (χ2n) is 5.85. The van der Waals surface area contributed by atoms with Crippen molar-refractivity contribution in [1.82, 2.24) is 16.1 Å². The van der Waals surface area contributed by atoms with Gasteiger partial charge in [0.2, 0.25) is 5.91 Å². The van der Waals surface area contributed by atoms with E-state index >= 15 is 0 Å². The van der Waals surface area contributed by atoms with E-state index in [4.69, 9.17) is 5.21 Å². The Morgan fingerprint density at radius 1 is 0.964 bits per heavy atom. The minimum atomic E-state index is -1.11. The normalized spacial score (nSPS) is 10.8. The molecule has 0 bridgehead atoms. The predicted molar refractivity (Wildman–Crippen MR) is 103 cm³/mol. The van der Waals surface area contributed by atoms with Crippen LogP contribution in [0.1, 0.15) is 34.8 Å². The minimum Gasteiger partial charge on any atom is -0.354 e. The summed E-state index contributed by atoms with van der Waals surface area (Å²) in [6, 6.07) is 15.0. The van der Waals surface area contributed by atoms with Crippen LogP contribution in [0.15, 0.2) is 54.6 Å². The molecule has 7 heteroatoms. The molecule has 0 unspecified atom stereocenters. The lowest BCUT2D eigenvalue weighted by Crippen LogP contribution is -2.52. The molecule has 0 aliphatic carbocycles. The largest absolute Gasteiger partial charge is 0.354 e. The van der Waals surface area contributed by atoms with Crippen LogP contribution in [0.4, 0.5) is 0 Å².